The first-order valence-corrected chi connectivity index (χ1v) is 12.1. The van der Waals surface area contributed by atoms with Crippen molar-refractivity contribution in [2.24, 2.45) is 5.41 Å². The lowest BCUT2D eigenvalue weighted by molar-refractivity contribution is -0.150. The number of aliphatic hydroxyl groups is 1. The molecule has 5 heteroatoms. The Bertz CT molecular complexity index is 576. The number of benzene rings is 1. The van der Waals surface area contributed by atoms with Crippen molar-refractivity contribution in [1.29, 1.82) is 0 Å². The van der Waals surface area contributed by atoms with E-state index >= 15 is 0 Å². The smallest absolute Gasteiger partial charge is 0.316 e. The maximum atomic E-state index is 13.0. The fourth-order valence-electron chi connectivity index (χ4n) is 3.07. The van der Waals surface area contributed by atoms with Gasteiger partial charge in [-0.25, -0.2) is 0 Å². The summed E-state index contributed by atoms with van der Waals surface area (Å²) in [6.45, 7) is 9.39. The number of hydrogen-bond acceptors (Lipinski definition) is 4. The van der Waals surface area contributed by atoms with Crippen molar-refractivity contribution in [3.05, 3.63) is 33.4 Å². The molecule has 1 aromatic carbocycles. The molecule has 0 aromatic heterocycles. The fraction of sp³-hybridized carbons (Fsp3) is 0.682. The van der Waals surface area contributed by atoms with E-state index in [1.807, 2.05) is 25.1 Å². The van der Waals surface area contributed by atoms with Crippen LogP contribution in [0.1, 0.15) is 65.4 Å². The second kappa shape index (κ2) is 12.3. The molecule has 0 aliphatic carbocycles. The molecule has 0 heterocycles. The van der Waals surface area contributed by atoms with Crippen molar-refractivity contribution < 1.29 is 14.6 Å². The van der Waals surface area contributed by atoms with E-state index in [2.05, 4.69) is 49.4 Å². The number of rotatable bonds is 13. The Morgan fingerprint density at radius 2 is 1.96 bits per heavy atom. The van der Waals surface area contributed by atoms with Crippen molar-refractivity contribution in [3.63, 3.8) is 0 Å². The van der Waals surface area contributed by atoms with E-state index < -0.39 is 5.41 Å². The lowest BCUT2D eigenvalue weighted by Crippen LogP contribution is -2.35. The van der Waals surface area contributed by atoms with E-state index in [-0.39, 0.29) is 18.0 Å². The molecular formula is C22H35IO3S. The van der Waals surface area contributed by atoms with Gasteiger partial charge in [-0.2, -0.15) is 11.8 Å². The van der Waals surface area contributed by atoms with E-state index in [0.29, 0.717) is 6.61 Å². The van der Waals surface area contributed by atoms with Crippen molar-refractivity contribution in [2.75, 3.05) is 24.7 Å². The average Bonchev–Trinajstić information content (AvgIpc) is 2.61. The molecule has 154 valence electrons. The highest BCUT2D eigenvalue weighted by atomic mass is 127. The van der Waals surface area contributed by atoms with Gasteiger partial charge in [0.2, 0.25) is 0 Å². The Morgan fingerprint density at radius 1 is 1.22 bits per heavy atom. The predicted molar refractivity (Wildman–Crippen MR) is 124 cm³/mol. The first kappa shape index (κ1) is 24.8. The van der Waals surface area contributed by atoms with Gasteiger partial charge in [-0.1, -0.05) is 45.7 Å². The van der Waals surface area contributed by atoms with Gasteiger partial charge >= 0.3 is 5.97 Å². The van der Waals surface area contributed by atoms with E-state index in [0.717, 1.165) is 52.7 Å². The number of ether oxygens (including phenoxy) is 1. The summed E-state index contributed by atoms with van der Waals surface area (Å²) in [5.74, 6) is 1.70. The summed E-state index contributed by atoms with van der Waals surface area (Å²) in [4.78, 5) is 13.0. The molecule has 0 aliphatic heterocycles. The molecule has 27 heavy (non-hydrogen) atoms. The van der Waals surface area contributed by atoms with Crippen LogP contribution in [-0.4, -0.2) is 35.8 Å². The maximum Gasteiger partial charge on any atom is 0.316 e. The number of esters is 1. The van der Waals surface area contributed by atoms with Crippen LogP contribution in [0.5, 0.6) is 0 Å². The molecule has 0 aliphatic rings. The van der Waals surface area contributed by atoms with E-state index in [1.165, 1.54) is 0 Å². The van der Waals surface area contributed by atoms with Crippen molar-refractivity contribution >= 4 is 40.3 Å². The van der Waals surface area contributed by atoms with Gasteiger partial charge in [0.1, 0.15) is 0 Å². The summed E-state index contributed by atoms with van der Waals surface area (Å²) in [5.41, 5.74) is 0.629. The molecule has 0 amide bonds. The van der Waals surface area contributed by atoms with E-state index in [1.54, 1.807) is 11.8 Å². The SMILES string of the molecule is CCCCOC(=O)[C@](C)(CCCC(C)(C)CSCCO)c1cccc(I)c1. The van der Waals surface area contributed by atoms with Crippen molar-refractivity contribution in [2.45, 2.75) is 65.2 Å². The molecule has 0 radical (unpaired) electrons. The standard InChI is InChI=1S/C22H35IO3S/c1-5-6-14-26-20(25)22(4,18-9-7-10-19(23)16-18)12-8-11-21(2,3)17-27-15-13-24/h7,9-10,16,24H,5-6,8,11-15,17H2,1-4H3/t22-/m1/s1. The number of aliphatic hydroxyl groups excluding tert-OH is 1. The topological polar surface area (TPSA) is 46.5 Å². The minimum Gasteiger partial charge on any atom is -0.465 e. The number of hydrogen-bond donors (Lipinski definition) is 1. The van der Waals surface area contributed by atoms with Crippen LogP contribution in [0, 0.1) is 8.99 Å². The average molecular weight is 506 g/mol. The number of unbranched alkanes of at least 4 members (excludes halogenated alkanes) is 1. The Balaban J connectivity index is 2.81. The van der Waals surface area contributed by atoms with E-state index in [4.69, 9.17) is 9.84 Å². The molecule has 1 N–H and O–H groups in total. The second-order valence-electron chi connectivity index (χ2n) is 8.13. The lowest BCUT2D eigenvalue weighted by atomic mass is 9.76. The molecule has 0 fully saturated rings. The summed E-state index contributed by atoms with van der Waals surface area (Å²) >= 11 is 4.09. The lowest BCUT2D eigenvalue weighted by Gasteiger charge is -2.30. The zero-order chi connectivity index (χ0) is 20.3. The van der Waals surface area contributed by atoms with Crippen LogP contribution in [0.4, 0.5) is 0 Å². The van der Waals surface area contributed by atoms with Crippen LogP contribution in [0.15, 0.2) is 24.3 Å². The molecule has 3 nitrogen and oxygen atoms in total. The molecule has 1 aromatic rings. The number of thioether (sulfide) groups is 1. The number of halogens is 1. The largest absolute Gasteiger partial charge is 0.465 e. The quantitative estimate of drug-likeness (QED) is 0.208. The first-order chi connectivity index (χ1) is 12.7. The van der Waals surface area contributed by atoms with Gasteiger partial charge in [0.25, 0.3) is 0 Å². The Labute approximate surface area is 183 Å². The Kier molecular flexibility index (Phi) is 11.3. The zero-order valence-corrected chi connectivity index (χ0v) is 20.2. The van der Waals surface area contributed by atoms with Gasteiger partial charge in [-0.05, 0) is 77.6 Å². The van der Waals surface area contributed by atoms with Gasteiger partial charge < -0.3 is 9.84 Å². The Morgan fingerprint density at radius 3 is 2.59 bits per heavy atom. The molecule has 0 spiro atoms. The van der Waals surface area contributed by atoms with Crippen LogP contribution in [-0.2, 0) is 14.9 Å². The monoisotopic (exact) mass is 506 g/mol. The summed E-state index contributed by atoms with van der Waals surface area (Å²) in [6, 6.07) is 8.22. The van der Waals surface area contributed by atoms with Gasteiger partial charge in [-0.15, -0.1) is 0 Å². The third kappa shape index (κ3) is 8.73. The highest BCUT2D eigenvalue weighted by Crippen LogP contribution is 2.35. The van der Waals surface area contributed by atoms with E-state index in [9.17, 15) is 4.79 Å². The van der Waals surface area contributed by atoms with Crippen LogP contribution in [0.2, 0.25) is 0 Å². The minimum atomic E-state index is -0.608. The van der Waals surface area contributed by atoms with Crippen LogP contribution < -0.4 is 0 Å². The molecule has 0 saturated carbocycles. The van der Waals surface area contributed by atoms with Crippen molar-refractivity contribution in [3.8, 4) is 0 Å². The maximum absolute atomic E-state index is 13.0. The Hall–Kier alpha value is -0.270. The summed E-state index contributed by atoms with van der Waals surface area (Å²) in [5, 5.41) is 8.97. The van der Waals surface area contributed by atoms with Crippen LogP contribution in [0.25, 0.3) is 0 Å². The van der Waals surface area contributed by atoms with Gasteiger partial charge in [0.15, 0.2) is 0 Å². The first-order valence-electron chi connectivity index (χ1n) is 9.87. The highest BCUT2D eigenvalue weighted by Gasteiger charge is 2.37. The summed E-state index contributed by atoms with van der Waals surface area (Å²) in [6.07, 6.45) is 4.73. The highest BCUT2D eigenvalue weighted by molar-refractivity contribution is 14.1. The van der Waals surface area contributed by atoms with Gasteiger partial charge in [0, 0.05) is 9.32 Å². The predicted octanol–water partition coefficient (Wildman–Crippen LogP) is 5.81. The second-order valence-corrected chi connectivity index (χ2v) is 10.5. The number of carbonyl (C=O) groups excluding carboxylic acids is 1. The number of carbonyl (C=O) groups is 1. The molecule has 0 bridgehead atoms. The van der Waals surface area contributed by atoms with Gasteiger partial charge in [-0.3, -0.25) is 4.79 Å². The zero-order valence-electron chi connectivity index (χ0n) is 17.2. The summed E-state index contributed by atoms with van der Waals surface area (Å²) in [7, 11) is 0. The molecular weight excluding hydrogens is 471 g/mol. The third-order valence-corrected chi connectivity index (χ3v) is 7.03. The third-order valence-electron chi connectivity index (χ3n) is 4.90. The minimum absolute atomic E-state index is 0.106. The normalized spacial score (nSPS) is 14.0. The molecule has 0 saturated heterocycles. The molecule has 1 rings (SSSR count). The van der Waals surface area contributed by atoms with Gasteiger partial charge in [0.05, 0.1) is 18.6 Å². The fourth-order valence-corrected chi connectivity index (χ4v) is 4.58. The summed E-state index contributed by atoms with van der Waals surface area (Å²) < 4.78 is 6.77. The molecule has 1 atom stereocenters. The molecule has 0 unspecified atom stereocenters. The van der Waals surface area contributed by atoms with Crippen molar-refractivity contribution in [1.82, 2.24) is 0 Å². The van der Waals surface area contributed by atoms with Crippen LogP contribution in [0.3, 0.4) is 0 Å². The van der Waals surface area contributed by atoms with Crippen LogP contribution >= 0.6 is 34.4 Å².